The third kappa shape index (κ3) is 4.75. The second-order valence-corrected chi connectivity index (χ2v) is 12.0. The number of ketones is 4. The van der Waals surface area contributed by atoms with Crippen LogP contribution in [0.25, 0.3) is 0 Å². The number of nitrogens with two attached hydrogens (primary N) is 1. The molecule has 0 heterocycles. The van der Waals surface area contributed by atoms with Crippen molar-refractivity contribution in [3.63, 3.8) is 0 Å². The summed E-state index contributed by atoms with van der Waals surface area (Å²) in [7, 11) is 4.59. The van der Waals surface area contributed by atoms with Gasteiger partial charge in [-0.25, -0.2) is 0 Å². The summed E-state index contributed by atoms with van der Waals surface area (Å²) in [5.41, 5.74) is 4.76. The van der Waals surface area contributed by atoms with E-state index in [1.54, 1.807) is 14.1 Å². The largest absolute Gasteiger partial charge is 0.507 e. The number of hydrogen-bond acceptors (Lipinski definition) is 10. The van der Waals surface area contributed by atoms with Crippen LogP contribution in [0.15, 0.2) is 36.4 Å². The molecule has 5 rings (SSSR count). The molecule has 0 saturated heterocycles. The van der Waals surface area contributed by atoms with Gasteiger partial charge in [0.2, 0.25) is 5.91 Å². The molecule has 3 aliphatic rings. The first-order valence-corrected chi connectivity index (χ1v) is 14.4. The maximum absolute atomic E-state index is 14.0. The molecular formula is C32H37N3O8. The molecule has 2 unspecified atom stereocenters. The van der Waals surface area contributed by atoms with E-state index in [1.807, 2.05) is 37.3 Å². The molecule has 0 aliphatic heterocycles. The summed E-state index contributed by atoms with van der Waals surface area (Å²) in [6, 6.07) is 10.2. The van der Waals surface area contributed by atoms with E-state index in [1.165, 1.54) is 18.1 Å². The van der Waals surface area contributed by atoms with Gasteiger partial charge in [0.1, 0.15) is 11.5 Å². The number of carbonyl (C=O) groups is 5. The maximum atomic E-state index is 14.0. The highest BCUT2D eigenvalue weighted by molar-refractivity contribution is 6.32. The number of Topliss-reactive ketones (excluding diaryl/α,β-unsaturated/α-hetero) is 4. The number of likely N-dealkylation sites (N-methyl/N-ethyl adjacent to an activating group) is 1. The normalized spacial score (nSPS) is 28.5. The summed E-state index contributed by atoms with van der Waals surface area (Å²) in [5.74, 6) is -10.3. The zero-order valence-corrected chi connectivity index (χ0v) is 24.7. The molecule has 228 valence electrons. The minimum absolute atomic E-state index is 0.0207. The van der Waals surface area contributed by atoms with Crippen LogP contribution in [0.4, 0.5) is 0 Å². The van der Waals surface area contributed by atoms with Crippen LogP contribution >= 0.6 is 0 Å². The lowest BCUT2D eigenvalue weighted by atomic mass is 9.52. The zero-order chi connectivity index (χ0) is 31.4. The number of benzene rings is 2. The molecule has 6 atom stereocenters. The fourth-order valence-corrected chi connectivity index (χ4v) is 7.45. The number of amides is 1. The second-order valence-electron chi connectivity index (χ2n) is 12.0. The average molecular weight is 592 g/mol. The Morgan fingerprint density at radius 3 is 2.35 bits per heavy atom. The Balaban J connectivity index is 1.55. The molecular weight excluding hydrogens is 554 g/mol. The molecule has 2 saturated carbocycles. The van der Waals surface area contributed by atoms with Gasteiger partial charge < -0.3 is 20.7 Å². The van der Waals surface area contributed by atoms with Crippen molar-refractivity contribution in [2.24, 2.45) is 29.4 Å². The fourth-order valence-electron chi connectivity index (χ4n) is 7.45. The average Bonchev–Trinajstić information content (AvgIpc) is 2.94. The Morgan fingerprint density at radius 2 is 1.77 bits per heavy atom. The Labute approximate surface area is 249 Å². The number of fused-ring (bicyclic) bond motifs is 3. The van der Waals surface area contributed by atoms with Gasteiger partial charge in [0.05, 0.1) is 24.6 Å². The van der Waals surface area contributed by atoms with Gasteiger partial charge in [-0.1, -0.05) is 37.3 Å². The second kappa shape index (κ2) is 11.3. The van der Waals surface area contributed by atoms with E-state index in [4.69, 9.17) is 10.5 Å². The van der Waals surface area contributed by atoms with Crippen molar-refractivity contribution in [3.8, 4) is 11.5 Å². The van der Waals surface area contributed by atoms with Gasteiger partial charge in [-0.05, 0) is 51.0 Å². The van der Waals surface area contributed by atoms with E-state index in [9.17, 15) is 34.2 Å². The molecule has 0 aromatic heterocycles. The van der Waals surface area contributed by atoms with Crippen LogP contribution in [0.1, 0.15) is 40.4 Å². The molecule has 1 amide bonds. The van der Waals surface area contributed by atoms with Gasteiger partial charge in [-0.15, -0.1) is 0 Å². The number of aromatic hydroxyl groups is 1. The van der Waals surface area contributed by atoms with E-state index in [0.717, 1.165) is 5.56 Å². The lowest BCUT2D eigenvalue weighted by molar-refractivity contribution is -0.181. The first kappa shape index (κ1) is 30.5. The maximum Gasteiger partial charge on any atom is 0.235 e. The molecule has 0 bridgehead atoms. The number of phenols is 1. The summed E-state index contributed by atoms with van der Waals surface area (Å²) in [6.45, 7) is 3.79. The van der Waals surface area contributed by atoms with Crippen molar-refractivity contribution >= 4 is 29.0 Å². The molecule has 4 N–H and O–H groups in total. The Hall–Kier alpha value is -3.93. The van der Waals surface area contributed by atoms with Crippen molar-refractivity contribution in [1.29, 1.82) is 0 Å². The van der Waals surface area contributed by atoms with Gasteiger partial charge >= 0.3 is 0 Å². The third-order valence-electron chi connectivity index (χ3n) is 9.38. The number of carbonyl (C=O) groups excluding carboxylic acids is 5. The van der Waals surface area contributed by atoms with E-state index < -0.39 is 64.4 Å². The van der Waals surface area contributed by atoms with E-state index in [0.29, 0.717) is 36.5 Å². The monoisotopic (exact) mass is 591 g/mol. The van der Waals surface area contributed by atoms with Crippen LogP contribution in [0.3, 0.4) is 0 Å². The van der Waals surface area contributed by atoms with Crippen molar-refractivity contribution in [2.75, 3.05) is 27.7 Å². The summed E-state index contributed by atoms with van der Waals surface area (Å²) >= 11 is 0. The van der Waals surface area contributed by atoms with Crippen LogP contribution in [-0.2, 0) is 38.7 Å². The molecule has 3 aliphatic carbocycles. The molecule has 2 aromatic carbocycles. The highest BCUT2D eigenvalue weighted by Gasteiger charge is 2.69. The highest BCUT2D eigenvalue weighted by Crippen LogP contribution is 2.52. The molecule has 43 heavy (non-hydrogen) atoms. The number of aliphatic hydroxyl groups is 1. The summed E-state index contributed by atoms with van der Waals surface area (Å²) in [6.07, 6.45) is 0.119. The Bertz CT molecular complexity index is 1510. The minimum Gasteiger partial charge on any atom is -0.507 e. The number of primary amides is 1. The topological polar surface area (TPSA) is 168 Å². The van der Waals surface area contributed by atoms with Crippen LogP contribution in [0, 0.1) is 23.7 Å². The Kier molecular flexibility index (Phi) is 8.02. The van der Waals surface area contributed by atoms with E-state index in [-0.39, 0.29) is 24.2 Å². The molecule has 2 aromatic rings. The number of ether oxygens (including phenoxy) is 1. The number of methoxy groups -OCH3 is 1. The highest BCUT2D eigenvalue weighted by atomic mass is 16.5. The molecule has 2 fully saturated rings. The Morgan fingerprint density at radius 1 is 1.09 bits per heavy atom. The fraction of sp³-hybridized carbons (Fsp3) is 0.469. The van der Waals surface area contributed by atoms with Gasteiger partial charge in [0.15, 0.2) is 34.7 Å². The lowest BCUT2D eigenvalue weighted by Crippen LogP contribution is -2.74. The van der Waals surface area contributed by atoms with Gasteiger partial charge in [-0.3, -0.25) is 33.8 Å². The summed E-state index contributed by atoms with van der Waals surface area (Å²) in [4.78, 5) is 70.4. The molecule has 11 heteroatoms. The minimum atomic E-state index is -2.75. The first-order chi connectivity index (χ1) is 20.4. The first-order valence-electron chi connectivity index (χ1n) is 14.4. The zero-order valence-electron chi connectivity index (χ0n) is 24.7. The van der Waals surface area contributed by atoms with Crippen LogP contribution < -0.4 is 10.5 Å². The third-order valence-corrected chi connectivity index (χ3v) is 9.38. The van der Waals surface area contributed by atoms with E-state index >= 15 is 0 Å². The quantitative estimate of drug-likeness (QED) is 0.375. The van der Waals surface area contributed by atoms with Gasteiger partial charge in [-0.2, -0.15) is 0 Å². The molecule has 0 radical (unpaired) electrons. The standard InChI is InChI=1S/C32H37N3O8/c1-5-35(14-16-9-7-6-8-10-16)15-18-13-21(36)23-19(28(18)43-4)11-17-12-20-25(34(2)3)27(38)24(31(33)41)30(40)32(20,42)29(39)22(17)26(23)37/h6-10,13,17,20,22,24-25,36,42H,5,11-12,14-15H2,1-4H3,(H2,33,41)/t17-,20-,22?,24?,25-,32-/m0/s1. The smallest absolute Gasteiger partial charge is 0.235 e. The molecule has 11 nitrogen and oxygen atoms in total. The van der Waals surface area contributed by atoms with Crippen LogP contribution in [-0.4, -0.2) is 88.4 Å². The van der Waals surface area contributed by atoms with Crippen molar-refractivity contribution in [3.05, 3.63) is 58.7 Å². The number of hydrogen-bond donors (Lipinski definition) is 3. The van der Waals surface area contributed by atoms with E-state index in [2.05, 4.69) is 4.90 Å². The number of nitrogens with zero attached hydrogens (tertiary/aromatic N) is 2. The van der Waals surface area contributed by atoms with Gasteiger partial charge in [0, 0.05) is 30.1 Å². The predicted octanol–water partition coefficient (Wildman–Crippen LogP) is 0.898. The summed E-state index contributed by atoms with van der Waals surface area (Å²) in [5, 5.41) is 22.9. The predicted molar refractivity (Wildman–Crippen MR) is 154 cm³/mol. The summed E-state index contributed by atoms with van der Waals surface area (Å²) < 4.78 is 5.82. The molecule has 0 spiro atoms. The lowest BCUT2D eigenvalue weighted by Gasteiger charge is -2.52. The van der Waals surface area contributed by atoms with Crippen molar-refractivity contribution < 1.29 is 38.9 Å². The number of phenolic OH excluding ortho intramolecular Hbond substituents is 1. The van der Waals surface area contributed by atoms with Gasteiger partial charge in [0.25, 0.3) is 0 Å². The van der Waals surface area contributed by atoms with Crippen molar-refractivity contribution in [1.82, 2.24) is 9.80 Å². The van der Waals surface area contributed by atoms with Crippen molar-refractivity contribution in [2.45, 2.75) is 44.5 Å². The number of rotatable bonds is 8. The van der Waals surface area contributed by atoms with Crippen LogP contribution in [0.2, 0.25) is 0 Å². The van der Waals surface area contributed by atoms with Crippen LogP contribution in [0.5, 0.6) is 11.5 Å². The SMILES string of the molecule is CCN(Cc1ccccc1)Cc1cc(O)c2c(c1OC)C[C@H]1C[C@H]3[C@H](N(C)C)C(=O)C(C(N)=O)C(=O)[C@@]3(O)C(=O)C1C2=O.